The highest BCUT2D eigenvalue weighted by molar-refractivity contribution is 5.67. The number of benzene rings is 1. The Balaban J connectivity index is 1.39. The first kappa shape index (κ1) is 25.4. The number of nitrogens with zero attached hydrogens (tertiary/aromatic N) is 6. The van der Waals surface area contributed by atoms with E-state index in [0.717, 1.165) is 30.3 Å². The molecule has 0 aliphatic heterocycles. The van der Waals surface area contributed by atoms with Crippen LogP contribution in [-0.4, -0.2) is 43.7 Å². The molecule has 0 atom stereocenters. The fourth-order valence-electron chi connectivity index (χ4n) is 4.07. The maximum absolute atomic E-state index is 13.0. The lowest BCUT2D eigenvalue weighted by molar-refractivity contribution is -0.140. The number of hydrogen-bond donors (Lipinski definition) is 0. The molecule has 1 aromatic carbocycles. The lowest BCUT2D eigenvalue weighted by Crippen LogP contribution is -2.06. The van der Waals surface area contributed by atoms with Crippen molar-refractivity contribution in [3.63, 3.8) is 0 Å². The van der Waals surface area contributed by atoms with Crippen molar-refractivity contribution in [2.45, 2.75) is 38.5 Å². The van der Waals surface area contributed by atoms with Crippen LogP contribution in [0.4, 0.5) is 13.2 Å². The number of hydrogen-bond acceptors (Lipinski definition) is 8. The number of methoxy groups -OCH3 is 2. The highest BCUT2D eigenvalue weighted by Crippen LogP contribution is 2.45. The molecule has 0 spiro atoms. The second-order valence-corrected chi connectivity index (χ2v) is 8.93. The smallest absolute Gasteiger partial charge is 0.434 e. The fraction of sp³-hybridized carbons (Fsp3) is 0.346. The molecule has 0 saturated heterocycles. The lowest BCUT2D eigenvalue weighted by atomic mass is 10.1. The second kappa shape index (κ2) is 9.92. The van der Waals surface area contributed by atoms with Gasteiger partial charge >= 0.3 is 6.18 Å². The number of aryl methyl sites for hydroxylation is 2. The summed E-state index contributed by atoms with van der Waals surface area (Å²) in [4.78, 5) is 21.8. The second-order valence-electron chi connectivity index (χ2n) is 8.93. The molecule has 12 heteroatoms. The summed E-state index contributed by atoms with van der Waals surface area (Å²) in [6.45, 7) is 1.95. The Bertz CT molecular complexity index is 1470. The van der Waals surface area contributed by atoms with Crippen molar-refractivity contribution in [1.82, 2.24) is 29.5 Å². The molecule has 3 aromatic heterocycles. The third-order valence-electron chi connectivity index (χ3n) is 6.09. The zero-order chi connectivity index (χ0) is 27.0. The largest absolute Gasteiger partial charge is 0.490 e. The van der Waals surface area contributed by atoms with Gasteiger partial charge in [-0.2, -0.15) is 23.1 Å². The van der Waals surface area contributed by atoms with Crippen LogP contribution < -0.4 is 14.2 Å². The van der Waals surface area contributed by atoms with Crippen molar-refractivity contribution in [3.05, 3.63) is 59.4 Å². The van der Waals surface area contributed by atoms with Crippen LogP contribution in [-0.2, 0) is 19.8 Å². The number of rotatable bonds is 8. The van der Waals surface area contributed by atoms with Crippen molar-refractivity contribution in [3.8, 4) is 40.3 Å². The minimum absolute atomic E-state index is 0.137. The summed E-state index contributed by atoms with van der Waals surface area (Å²) in [7, 11) is 4.56. The maximum atomic E-state index is 13.0. The van der Waals surface area contributed by atoms with Crippen molar-refractivity contribution in [2.75, 3.05) is 14.2 Å². The molecule has 198 valence electrons. The molecule has 1 fully saturated rings. The van der Waals surface area contributed by atoms with Gasteiger partial charge in [-0.05, 0) is 25.3 Å². The average molecular weight is 527 g/mol. The normalized spacial score (nSPS) is 13.4. The Labute approximate surface area is 216 Å². The first-order chi connectivity index (χ1) is 18.2. The van der Waals surface area contributed by atoms with Crippen molar-refractivity contribution in [1.29, 1.82) is 0 Å². The van der Waals surface area contributed by atoms with E-state index in [0.29, 0.717) is 40.3 Å². The van der Waals surface area contributed by atoms with Crippen molar-refractivity contribution in [2.24, 2.45) is 7.05 Å². The molecule has 1 aliphatic rings. The van der Waals surface area contributed by atoms with Gasteiger partial charge in [0.05, 0.1) is 26.1 Å². The van der Waals surface area contributed by atoms with Crippen molar-refractivity contribution >= 4 is 0 Å². The zero-order valence-electron chi connectivity index (χ0n) is 21.2. The minimum atomic E-state index is -4.51. The third-order valence-corrected chi connectivity index (χ3v) is 6.09. The van der Waals surface area contributed by atoms with Crippen LogP contribution in [0, 0.1) is 6.92 Å². The summed E-state index contributed by atoms with van der Waals surface area (Å²) in [5.74, 6) is 2.47. The van der Waals surface area contributed by atoms with Gasteiger partial charge in [-0.25, -0.2) is 15.0 Å². The predicted molar refractivity (Wildman–Crippen MR) is 131 cm³/mol. The molecule has 38 heavy (non-hydrogen) atoms. The SMILES string of the molecule is COc1cnc(-c2c(OC)nc(C)nc2C2CC2)nc1OCc1ccc(-c2nc(C(F)(F)F)cn2C)cc1. The molecule has 1 aliphatic carbocycles. The average Bonchev–Trinajstić information content (AvgIpc) is 3.67. The number of aromatic nitrogens is 6. The predicted octanol–water partition coefficient (Wildman–Crippen LogP) is 5.13. The molecular weight excluding hydrogens is 501 g/mol. The minimum Gasteiger partial charge on any atom is -0.490 e. The van der Waals surface area contributed by atoms with Gasteiger partial charge in [0.25, 0.3) is 5.88 Å². The number of halogens is 3. The quantitative estimate of drug-likeness (QED) is 0.312. The van der Waals surface area contributed by atoms with Gasteiger partial charge in [0.2, 0.25) is 5.88 Å². The topological polar surface area (TPSA) is 97.1 Å². The van der Waals surface area contributed by atoms with Crippen LogP contribution in [0.15, 0.2) is 36.7 Å². The van der Waals surface area contributed by atoms with Gasteiger partial charge in [-0.3, -0.25) is 0 Å². The van der Waals surface area contributed by atoms with Gasteiger partial charge in [-0.1, -0.05) is 24.3 Å². The summed E-state index contributed by atoms with van der Waals surface area (Å²) in [6, 6.07) is 6.91. The van der Waals surface area contributed by atoms with E-state index in [4.69, 9.17) is 14.2 Å². The van der Waals surface area contributed by atoms with Gasteiger partial charge in [0.15, 0.2) is 17.3 Å². The highest BCUT2D eigenvalue weighted by Gasteiger charge is 2.35. The van der Waals surface area contributed by atoms with Crippen LogP contribution >= 0.6 is 0 Å². The summed E-state index contributed by atoms with van der Waals surface area (Å²) in [5.41, 5.74) is 1.87. The van der Waals surface area contributed by atoms with E-state index in [-0.39, 0.29) is 18.3 Å². The van der Waals surface area contributed by atoms with Crippen LogP contribution in [0.5, 0.6) is 17.5 Å². The third kappa shape index (κ3) is 5.11. The number of imidazole rings is 1. The molecule has 0 N–H and O–H groups in total. The zero-order valence-corrected chi connectivity index (χ0v) is 21.2. The number of ether oxygens (including phenoxy) is 3. The van der Waals surface area contributed by atoms with Gasteiger partial charge < -0.3 is 18.8 Å². The van der Waals surface area contributed by atoms with Crippen LogP contribution in [0.1, 0.15) is 41.5 Å². The molecule has 1 saturated carbocycles. The molecule has 0 radical (unpaired) electrons. The molecule has 0 bridgehead atoms. The highest BCUT2D eigenvalue weighted by atomic mass is 19.4. The Kier molecular flexibility index (Phi) is 6.64. The van der Waals surface area contributed by atoms with E-state index in [1.54, 1.807) is 31.4 Å². The lowest BCUT2D eigenvalue weighted by Gasteiger charge is -2.14. The monoisotopic (exact) mass is 526 g/mol. The molecule has 9 nitrogen and oxygen atoms in total. The number of alkyl halides is 3. The summed E-state index contributed by atoms with van der Waals surface area (Å²) in [6.07, 6.45) is 0.0350. The summed E-state index contributed by atoms with van der Waals surface area (Å²) < 4.78 is 57.3. The van der Waals surface area contributed by atoms with Gasteiger partial charge in [-0.15, -0.1) is 0 Å². The Morgan fingerprint density at radius 3 is 2.32 bits per heavy atom. The van der Waals surface area contributed by atoms with Crippen LogP contribution in [0.2, 0.25) is 0 Å². The Morgan fingerprint density at radius 2 is 1.71 bits per heavy atom. The maximum Gasteiger partial charge on any atom is 0.434 e. The summed E-state index contributed by atoms with van der Waals surface area (Å²) >= 11 is 0. The van der Waals surface area contributed by atoms with Crippen molar-refractivity contribution < 1.29 is 27.4 Å². The Morgan fingerprint density at radius 1 is 0.974 bits per heavy atom. The van der Waals surface area contributed by atoms with Crippen LogP contribution in [0.3, 0.4) is 0 Å². The van der Waals surface area contributed by atoms with E-state index in [9.17, 15) is 13.2 Å². The molecule has 4 aromatic rings. The molecule has 0 amide bonds. The standard InChI is InChI=1S/C26H25F3N6O3/c1-14-31-21(16-9-10-16)20(25(32-14)37-4)22-30-11-18(36-3)24(34-22)38-13-15-5-7-17(8-6-15)23-33-19(12-35(23)2)26(27,28)29/h5-8,11-12,16H,9-10,13H2,1-4H3. The van der Waals surface area contributed by atoms with E-state index in [1.807, 2.05) is 6.92 Å². The van der Waals surface area contributed by atoms with Gasteiger partial charge in [0, 0.05) is 24.7 Å². The Hall–Kier alpha value is -4.22. The molecule has 3 heterocycles. The first-order valence-corrected chi connectivity index (χ1v) is 11.8. The van der Waals surface area contributed by atoms with E-state index in [1.165, 1.54) is 24.9 Å². The van der Waals surface area contributed by atoms with E-state index < -0.39 is 11.9 Å². The molecule has 0 unspecified atom stereocenters. The van der Waals surface area contributed by atoms with E-state index in [2.05, 4.69) is 24.9 Å². The fourth-order valence-corrected chi connectivity index (χ4v) is 4.07. The first-order valence-electron chi connectivity index (χ1n) is 11.8. The van der Waals surface area contributed by atoms with E-state index >= 15 is 0 Å². The van der Waals surface area contributed by atoms with Crippen LogP contribution in [0.25, 0.3) is 22.8 Å². The summed E-state index contributed by atoms with van der Waals surface area (Å²) in [5, 5.41) is 0. The molecular formula is C26H25F3N6O3. The van der Waals surface area contributed by atoms with Gasteiger partial charge in [0.1, 0.15) is 23.8 Å². The molecule has 5 rings (SSSR count).